The van der Waals surface area contributed by atoms with E-state index in [4.69, 9.17) is 5.73 Å². The predicted octanol–water partition coefficient (Wildman–Crippen LogP) is 2.47. The summed E-state index contributed by atoms with van der Waals surface area (Å²) in [6.07, 6.45) is 10.8. The van der Waals surface area contributed by atoms with Gasteiger partial charge in [0.2, 0.25) is 0 Å². The fourth-order valence-corrected chi connectivity index (χ4v) is 0.963. The molecule has 0 radical (unpaired) electrons. The van der Waals surface area contributed by atoms with Crippen LogP contribution < -0.4 is 11.1 Å². The molecule has 0 saturated carbocycles. The van der Waals surface area contributed by atoms with Crippen LogP contribution in [0, 0.1) is 0 Å². The summed E-state index contributed by atoms with van der Waals surface area (Å²) in [7, 11) is 0. The standard InChI is InChI=1S/C12H20N2/c1-4-6-7-9-11(3)14-12(10-13)8-5-2/h4,6-9,14H,3,5,10,13H2,1-2H3/b6-4-,9-7-,12-8?. The number of allylic oxidation sites excluding steroid dienone is 5. The highest BCUT2D eigenvalue weighted by atomic mass is 14.9. The van der Waals surface area contributed by atoms with Gasteiger partial charge in [-0.15, -0.1) is 0 Å². The Hall–Kier alpha value is -1.28. The third kappa shape index (κ3) is 6.26. The summed E-state index contributed by atoms with van der Waals surface area (Å²) in [5.41, 5.74) is 7.42. The minimum absolute atomic E-state index is 0.518. The lowest BCUT2D eigenvalue weighted by atomic mass is 10.3. The average molecular weight is 192 g/mol. The van der Waals surface area contributed by atoms with Crippen LogP contribution in [-0.4, -0.2) is 6.54 Å². The summed E-state index contributed by atoms with van der Waals surface area (Å²) in [6, 6.07) is 0. The van der Waals surface area contributed by atoms with E-state index in [9.17, 15) is 0 Å². The molecule has 0 bridgehead atoms. The second-order valence-corrected chi connectivity index (χ2v) is 2.88. The van der Waals surface area contributed by atoms with Gasteiger partial charge in [0.15, 0.2) is 0 Å². The lowest BCUT2D eigenvalue weighted by Gasteiger charge is -2.07. The minimum atomic E-state index is 0.518. The highest BCUT2D eigenvalue weighted by Crippen LogP contribution is 1.96. The van der Waals surface area contributed by atoms with Crippen molar-refractivity contribution in [2.45, 2.75) is 20.3 Å². The van der Waals surface area contributed by atoms with Crippen LogP contribution in [0.15, 0.2) is 48.4 Å². The van der Waals surface area contributed by atoms with Gasteiger partial charge in [-0.05, 0) is 19.4 Å². The molecule has 14 heavy (non-hydrogen) atoms. The lowest BCUT2D eigenvalue weighted by molar-refractivity contribution is 0.923. The first-order valence-corrected chi connectivity index (χ1v) is 4.89. The van der Waals surface area contributed by atoms with Crippen LogP contribution in [0.5, 0.6) is 0 Å². The summed E-state index contributed by atoms with van der Waals surface area (Å²) in [4.78, 5) is 0. The quantitative estimate of drug-likeness (QED) is 0.634. The van der Waals surface area contributed by atoms with Crippen LogP contribution in [0.3, 0.4) is 0 Å². The largest absolute Gasteiger partial charge is 0.359 e. The molecule has 2 heteroatoms. The van der Waals surface area contributed by atoms with Crippen LogP contribution in [0.4, 0.5) is 0 Å². The number of hydrogen-bond acceptors (Lipinski definition) is 2. The van der Waals surface area contributed by atoms with Crippen LogP contribution in [-0.2, 0) is 0 Å². The van der Waals surface area contributed by atoms with Crippen molar-refractivity contribution in [3.8, 4) is 0 Å². The van der Waals surface area contributed by atoms with Gasteiger partial charge in [-0.1, -0.05) is 37.8 Å². The van der Waals surface area contributed by atoms with E-state index >= 15 is 0 Å². The first-order chi connectivity index (χ1) is 6.74. The summed E-state index contributed by atoms with van der Waals surface area (Å²) in [5.74, 6) is 0. The average Bonchev–Trinajstić information content (AvgIpc) is 2.17. The Morgan fingerprint density at radius 3 is 2.64 bits per heavy atom. The van der Waals surface area contributed by atoms with Gasteiger partial charge >= 0.3 is 0 Å². The second-order valence-electron chi connectivity index (χ2n) is 2.88. The second kappa shape index (κ2) is 8.32. The molecule has 0 aliphatic heterocycles. The first-order valence-electron chi connectivity index (χ1n) is 4.89. The van der Waals surface area contributed by atoms with Gasteiger partial charge in [-0.3, -0.25) is 0 Å². The van der Waals surface area contributed by atoms with Crippen LogP contribution in [0.25, 0.3) is 0 Å². The lowest BCUT2D eigenvalue weighted by Crippen LogP contribution is -2.18. The van der Waals surface area contributed by atoms with E-state index in [0.29, 0.717) is 6.54 Å². The molecule has 3 N–H and O–H groups in total. The van der Waals surface area contributed by atoms with E-state index in [1.54, 1.807) is 0 Å². The van der Waals surface area contributed by atoms with Gasteiger partial charge in [0, 0.05) is 17.9 Å². The molecular weight excluding hydrogens is 172 g/mol. The van der Waals surface area contributed by atoms with E-state index < -0.39 is 0 Å². The zero-order valence-electron chi connectivity index (χ0n) is 9.09. The molecule has 0 spiro atoms. The fourth-order valence-electron chi connectivity index (χ4n) is 0.963. The molecule has 0 fully saturated rings. The van der Waals surface area contributed by atoms with Crippen molar-refractivity contribution in [1.29, 1.82) is 0 Å². The van der Waals surface area contributed by atoms with Gasteiger partial charge in [0.1, 0.15) is 0 Å². The zero-order valence-corrected chi connectivity index (χ0v) is 9.09. The number of rotatable bonds is 6. The normalized spacial score (nSPS) is 12.6. The van der Waals surface area contributed by atoms with E-state index in [2.05, 4.69) is 24.9 Å². The number of hydrogen-bond donors (Lipinski definition) is 2. The van der Waals surface area contributed by atoms with Crippen molar-refractivity contribution in [2.75, 3.05) is 6.54 Å². The molecule has 0 aliphatic rings. The molecule has 0 rings (SSSR count). The highest BCUT2D eigenvalue weighted by molar-refractivity contribution is 5.22. The minimum Gasteiger partial charge on any atom is -0.359 e. The Kier molecular flexibility index (Phi) is 7.56. The van der Waals surface area contributed by atoms with Crippen LogP contribution in [0.1, 0.15) is 20.3 Å². The number of nitrogens with one attached hydrogen (secondary N) is 1. The van der Waals surface area contributed by atoms with Gasteiger partial charge in [-0.2, -0.15) is 0 Å². The SMILES string of the molecule is C=C(/C=C\C=C/C)NC(=CCC)CN. The first kappa shape index (κ1) is 12.7. The maximum Gasteiger partial charge on any atom is 0.0329 e. The van der Waals surface area contributed by atoms with Crippen molar-refractivity contribution < 1.29 is 0 Å². The molecule has 0 heterocycles. The third-order valence-corrected chi connectivity index (χ3v) is 1.59. The molecule has 0 amide bonds. The number of nitrogens with two attached hydrogens (primary N) is 1. The topological polar surface area (TPSA) is 38.0 Å². The Labute approximate surface area is 86.9 Å². The Balaban J connectivity index is 4.10. The Morgan fingerprint density at radius 1 is 1.43 bits per heavy atom. The molecule has 2 nitrogen and oxygen atoms in total. The third-order valence-electron chi connectivity index (χ3n) is 1.59. The maximum absolute atomic E-state index is 5.55. The highest BCUT2D eigenvalue weighted by Gasteiger charge is 1.92. The van der Waals surface area contributed by atoms with Crippen molar-refractivity contribution >= 4 is 0 Å². The molecule has 0 aromatic heterocycles. The van der Waals surface area contributed by atoms with E-state index in [1.165, 1.54) is 0 Å². The molecule has 0 aromatic carbocycles. The van der Waals surface area contributed by atoms with Crippen molar-refractivity contribution in [3.05, 3.63) is 48.4 Å². The van der Waals surface area contributed by atoms with Gasteiger partial charge < -0.3 is 11.1 Å². The van der Waals surface area contributed by atoms with E-state index in [0.717, 1.165) is 17.8 Å². The van der Waals surface area contributed by atoms with Crippen LogP contribution >= 0.6 is 0 Å². The molecule has 0 aliphatic carbocycles. The summed E-state index contributed by atoms with van der Waals surface area (Å²) < 4.78 is 0. The Bertz CT molecular complexity index is 247. The summed E-state index contributed by atoms with van der Waals surface area (Å²) in [6.45, 7) is 8.44. The van der Waals surface area contributed by atoms with Gasteiger partial charge in [-0.25, -0.2) is 0 Å². The molecular formula is C12H20N2. The summed E-state index contributed by atoms with van der Waals surface area (Å²) >= 11 is 0. The fraction of sp³-hybridized carbons (Fsp3) is 0.333. The molecule has 0 aromatic rings. The van der Waals surface area contributed by atoms with E-state index in [1.807, 2.05) is 31.2 Å². The maximum atomic E-state index is 5.55. The van der Waals surface area contributed by atoms with Crippen molar-refractivity contribution in [2.24, 2.45) is 5.73 Å². The van der Waals surface area contributed by atoms with Crippen LogP contribution in [0.2, 0.25) is 0 Å². The molecule has 78 valence electrons. The monoisotopic (exact) mass is 192 g/mol. The zero-order chi connectivity index (χ0) is 10.8. The van der Waals surface area contributed by atoms with Gasteiger partial charge in [0.25, 0.3) is 0 Å². The molecule has 0 atom stereocenters. The predicted molar refractivity (Wildman–Crippen MR) is 63.7 cm³/mol. The van der Waals surface area contributed by atoms with Crippen molar-refractivity contribution in [3.63, 3.8) is 0 Å². The molecule has 0 saturated heterocycles. The smallest absolute Gasteiger partial charge is 0.0329 e. The van der Waals surface area contributed by atoms with Crippen molar-refractivity contribution in [1.82, 2.24) is 5.32 Å². The van der Waals surface area contributed by atoms with Gasteiger partial charge in [0.05, 0.1) is 0 Å². The molecule has 0 unspecified atom stereocenters. The Morgan fingerprint density at radius 2 is 2.14 bits per heavy atom. The van der Waals surface area contributed by atoms with E-state index in [-0.39, 0.29) is 0 Å². The summed E-state index contributed by atoms with van der Waals surface area (Å²) in [5, 5.41) is 3.15.